The number of fused-ring (bicyclic) bond motifs is 7. The van der Waals surface area contributed by atoms with Gasteiger partial charge >= 0.3 is 0 Å². The molecule has 10 aromatic rings. The van der Waals surface area contributed by atoms with Crippen LogP contribution in [0.3, 0.4) is 0 Å². The van der Waals surface area contributed by atoms with Crippen LogP contribution in [0.1, 0.15) is 0 Å². The quantitative estimate of drug-likeness (QED) is 0.178. The number of aromatic nitrogens is 2. The molecular weight excluding hydrogens is 605 g/mol. The minimum absolute atomic E-state index is 1.14. The third-order valence-electron chi connectivity index (χ3n) is 10.1. The predicted molar refractivity (Wildman–Crippen MR) is 211 cm³/mol. The van der Waals surface area contributed by atoms with Crippen LogP contribution in [0.5, 0.6) is 0 Å². The van der Waals surface area contributed by atoms with E-state index in [4.69, 9.17) is 0 Å². The first kappa shape index (κ1) is 28.4. The summed E-state index contributed by atoms with van der Waals surface area (Å²) in [5.41, 5.74) is 14.3. The molecule has 2 heteroatoms. The normalized spacial score (nSPS) is 11.6. The molecule has 0 aliphatic rings. The van der Waals surface area contributed by atoms with Crippen molar-refractivity contribution in [3.05, 3.63) is 194 Å². The Morgan fingerprint density at radius 3 is 1.18 bits per heavy atom. The Kier molecular flexibility index (Phi) is 6.53. The smallest absolute Gasteiger partial charge is 0.0788 e. The summed E-state index contributed by atoms with van der Waals surface area (Å²) in [5, 5.41) is 5.00. The van der Waals surface area contributed by atoms with Crippen molar-refractivity contribution in [3.8, 4) is 44.8 Å². The zero-order valence-corrected chi connectivity index (χ0v) is 27.4. The van der Waals surface area contributed by atoms with Gasteiger partial charge in [0.2, 0.25) is 0 Å². The maximum Gasteiger partial charge on any atom is 0.0788 e. The molecule has 0 saturated carbocycles. The molecule has 0 bridgehead atoms. The van der Waals surface area contributed by atoms with E-state index in [1.54, 1.807) is 0 Å². The summed E-state index contributed by atoms with van der Waals surface area (Å²) in [4.78, 5) is 0. The van der Waals surface area contributed by atoms with Gasteiger partial charge in [-0.3, -0.25) is 0 Å². The van der Waals surface area contributed by atoms with Gasteiger partial charge in [-0.05, 0) is 88.0 Å². The highest BCUT2D eigenvalue weighted by Gasteiger charge is 2.21. The number of para-hydroxylation sites is 3. The van der Waals surface area contributed by atoms with E-state index in [1.165, 1.54) is 77.0 Å². The number of nitrogens with zero attached hydrogens (tertiary/aromatic N) is 2. The number of benzene rings is 8. The van der Waals surface area contributed by atoms with E-state index in [1.807, 2.05) is 0 Å². The van der Waals surface area contributed by atoms with E-state index in [0.717, 1.165) is 11.4 Å². The molecule has 0 amide bonds. The van der Waals surface area contributed by atoms with Crippen LogP contribution in [0.4, 0.5) is 0 Å². The Bertz CT molecular complexity index is 2780. The second-order valence-corrected chi connectivity index (χ2v) is 13.0. The third kappa shape index (κ3) is 4.50. The molecule has 50 heavy (non-hydrogen) atoms. The second kappa shape index (κ2) is 11.5. The molecular formula is C48H32N2. The molecule has 0 N–H and O–H groups in total. The maximum atomic E-state index is 2.48. The van der Waals surface area contributed by atoms with Crippen LogP contribution in [-0.2, 0) is 0 Å². The van der Waals surface area contributed by atoms with Gasteiger partial charge in [-0.25, -0.2) is 0 Å². The van der Waals surface area contributed by atoms with Crippen molar-refractivity contribution < 1.29 is 0 Å². The van der Waals surface area contributed by atoms with Crippen molar-refractivity contribution in [2.24, 2.45) is 0 Å². The van der Waals surface area contributed by atoms with E-state index in [9.17, 15) is 0 Å². The maximum absolute atomic E-state index is 2.48. The van der Waals surface area contributed by atoms with Gasteiger partial charge in [-0.1, -0.05) is 140 Å². The molecule has 10 rings (SSSR count). The monoisotopic (exact) mass is 636 g/mol. The van der Waals surface area contributed by atoms with Crippen LogP contribution in [0.25, 0.3) is 88.4 Å². The molecule has 2 nitrogen and oxygen atoms in total. The van der Waals surface area contributed by atoms with Crippen molar-refractivity contribution in [3.63, 3.8) is 0 Å². The van der Waals surface area contributed by atoms with Gasteiger partial charge in [0.15, 0.2) is 0 Å². The van der Waals surface area contributed by atoms with E-state index < -0.39 is 0 Å². The lowest BCUT2D eigenvalue weighted by Gasteiger charge is -2.15. The Balaban J connectivity index is 1.27. The minimum Gasteiger partial charge on any atom is -0.307 e. The van der Waals surface area contributed by atoms with Gasteiger partial charge in [0.05, 0.1) is 22.1 Å². The van der Waals surface area contributed by atoms with Crippen molar-refractivity contribution in [1.29, 1.82) is 0 Å². The fraction of sp³-hybridized carbons (Fsp3) is 0. The van der Waals surface area contributed by atoms with Crippen LogP contribution >= 0.6 is 0 Å². The molecule has 2 aromatic heterocycles. The van der Waals surface area contributed by atoms with Crippen molar-refractivity contribution >= 4 is 43.6 Å². The van der Waals surface area contributed by atoms with E-state index >= 15 is 0 Å². The number of hydrogen-bond acceptors (Lipinski definition) is 0. The van der Waals surface area contributed by atoms with Gasteiger partial charge in [0.25, 0.3) is 0 Å². The Labute approximate surface area is 290 Å². The number of hydrogen-bond donors (Lipinski definition) is 0. The van der Waals surface area contributed by atoms with Crippen LogP contribution < -0.4 is 0 Å². The molecule has 0 spiro atoms. The zero-order valence-electron chi connectivity index (χ0n) is 27.4. The van der Waals surface area contributed by atoms with Gasteiger partial charge < -0.3 is 9.13 Å². The summed E-state index contributed by atoms with van der Waals surface area (Å²) in [6.45, 7) is 0. The Morgan fingerprint density at radius 2 is 0.640 bits per heavy atom. The van der Waals surface area contributed by atoms with Gasteiger partial charge in [-0.2, -0.15) is 0 Å². The summed E-state index contributed by atoms with van der Waals surface area (Å²) in [7, 11) is 0. The van der Waals surface area contributed by atoms with Gasteiger partial charge in [-0.15, -0.1) is 0 Å². The van der Waals surface area contributed by atoms with Crippen LogP contribution in [0.15, 0.2) is 194 Å². The van der Waals surface area contributed by atoms with Crippen molar-refractivity contribution in [2.45, 2.75) is 0 Å². The molecule has 8 aromatic carbocycles. The molecule has 0 unspecified atom stereocenters. The molecule has 0 fully saturated rings. The number of rotatable bonds is 5. The third-order valence-corrected chi connectivity index (χ3v) is 10.1. The molecule has 0 radical (unpaired) electrons. The SMILES string of the molecule is c1ccc(-c2cc(-c3ccccc3)cc(-c3cccc(-n4c5ccccc5c5ccc6c7ccccc7n(-c7ccccc7)c6c54)c3)c2)cc1. The first-order chi connectivity index (χ1) is 24.8. The first-order valence-electron chi connectivity index (χ1n) is 17.2. The standard InChI is InChI=1S/C48H32N2/c1-4-15-33(16-5-1)36-29-37(34-17-6-2-7-18-34)31-38(30-36)35-19-14-22-40(32-35)50-46-26-13-11-24-42(46)44-28-27-43-41-23-10-12-25-45(41)49(47(43)48(44)50)39-20-8-3-9-21-39/h1-32H. The molecule has 2 heterocycles. The average Bonchev–Trinajstić information content (AvgIpc) is 3.72. The largest absolute Gasteiger partial charge is 0.307 e. The lowest BCUT2D eigenvalue weighted by molar-refractivity contribution is 1.15. The molecule has 0 aliphatic heterocycles. The molecule has 0 saturated heterocycles. The molecule has 0 aliphatic carbocycles. The lowest BCUT2D eigenvalue weighted by Crippen LogP contribution is -1.99. The van der Waals surface area contributed by atoms with Crippen LogP contribution in [0.2, 0.25) is 0 Å². The first-order valence-corrected chi connectivity index (χ1v) is 17.2. The highest BCUT2D eigenvalue weighted by Crippen LogP contribution is 2.42. The highest BCUT2D eigenvalue weighted by atomic mass is 15.0. The summed E-state index contributed by atoms with van der Waals surface area (Å²) in [5.74, 6) is 0. The van der Waals surface area contributed by atoms with E-state index in [2.05, 4.69) is 203 Å². The Hall–Kier alpha value is -6.64. The van der Waals surface area contributed by atoms with E-state index in [-0.39, 0.29) is 0 Å². The average molecular weight is 637 g/mol. The topological polar surface area (TPSA) is 9.86 Å². The van der Waals surface area contributed by atoms with Crippen molar-refractivity contribution in [1.82, 2.24) is 9.13 Å². The van der Waals surface area contributed by atoms with Crippen LogP contribution in [-0.4, -0.2) is 9.13 Å². The van der Waals surface area contributed by atoms with Crippen LogP contribution in [0, 0.1) is 0 Å². The van der Waals surface area contributed by atoms with Gasteiger partial charge in [0, 0.05) is 32.9 Å². The minimum atomic E-state index is 1.14. The lowest BCUT2D eigenvalue weighted by atomic mass is 9.93. The predicted octanol–water partition coefficient (Wildman–Crippen LogP) is 12.9. The molecule has 234 valence electrons. The second-order valence-electron chi connectivity index (χ2n) is 13.0. The molecule has 0 atom stereocenters. The summed E-state index contributed by atoms with van der Waals surface area (Å²) < 4.78 is 4.93. The van der Waals surface area contributed by atoms with Gasteiger partial charge in [0.1, 0.15) is 0 Å². The summed E-state index contributed by atoms with van der Waals surface area (Å²) in [6.07, 6.45) is 0. The van der Waals surface area contributed by atoms with Crippen molar-refractivity contribution in [2.75, 3.05) is 0 Å². The summed E-state index contributed by atoms with van der Waals surface area (Å²) in [6, 6.07) is 70.4. The Morgan fingerprint density at radius 1 is 0.240 bits per heavy atom. The summed E-state index contributed by atoms with van der Waals surface area (Å²) >= 11 is 0. The zero-order chi connectivity index (χ0) is 33.0. The fourth-order valence-electron chi connectivity index (χ4n) is 7.83. The van der Waals surface area contributed by atoms with E-state index in [0.29, 0.717) is 0 Å². The highest BCUT2D eigenvalue weighted by molar-refractivity contribution is 6.23. The fourth-order valence-corrected chi connectivity index (χ4v) is 7.83.